The van der Waals surface area contributed by atoms with Crippen LogP contribution in [-0.4, -0.2) is 43.9 Å². The van der Waals surface area contributed by atoms with Crippen molar-refractivity contribution < 1.29 is 19.1 Å². The predicted octanol–water partition coefficient (Wildman–Crippen LogP) is 2.45. The Morgan fingerprint density at radius 2 is 2.12 bits per heavy atom. The molecular formula is C19H23ClN2O4. The molecule has 0 bridgehead atoms. The number of piperidine rings is 1. The molecule has 0 saturated carbocycles. The summed E-state index contributed by atoms with van der Waals surface area (Å²) in [5.41, 5.74) is 2.22. The lowest BCUT2D eigenvalue weighted by Crippen LogP contribution is -2.38. The molecule has 1 aromatic carbocycles. The van der Waals surface area contributed by atoms with Crippen LogP contribution >= 0.6 is 11.6 Å². The minimum atomic E-state index is -0.698. The topological polar surface area (TPSA) is 71.2 Å². The first-order valence-corrected chi connectivity index (χ1v) is 9.49. The summed E-state index contributed by atoms with van der Waals surface area (Å²) in [4.78, 5) is 26.1. The smallest absolute Gasteiger partial charge is 0.311 e. The van der Waals surface area contributed by atoms with Crippen molar-refractivity contribution in [2.24, 2.45) is 5.92 Å². The van der Waals surface area contributed by atoms with Crippen LogP contribution in [0.25, 0.3) is 0 Å². The highest BCUT2D eigenvalue weighted by Gasteiger charge is 2.45. The molecule has 4 rings (SSSR count). The molecule has 1 aromatic rings. The number of benzene rings is 1. The molecule has 26 heavy (non-hydrogen) atoms. The summed E-state index contributed by atoms with van der Waals surface area (Å²) in [7, 11) is 0. The van der Waals surface area contributed by atoms with Crippen molar-refractivity contribution in [3.63, 3.8) is 0 Å². The average Bonchev–Trinajstić information content (AvgIpc) is 3.19. The van der Waals surface area contributed by atoms with Gasteiger partial charge in [-0.1, -0.05) is 17.7 Å². The maximum absolute atomic E-state index is 12.3. The standard InChI is InChI=1S/C19H23ClN2O4/c1-19(11-25-19)26-18(24)12-4-6-22(7-5-12)16-9-14(20)2-3-15(16)13-8-17(23)21-10-13/h2-3,9,12-13H,4-8,10-11H2,1H3,(H,21,23)/t13-,19?/m1/s1. The zero-order valence-electron chi connectivity index (χ0n) is 14.8. The van der Waals surface area contributed by atoms with Gasteiger partial charge in [0, 0.05) is 49.6 Å². The molecule has 1 N–H and O–H groups in total. The highest BCUT2D eigenvalue weighted by molar-refractivity contribution is 6.30. The van der Waals surface area contributed by atoms with E-state index in [1.165, 1.54) is 0 Å². The number of esters is 1. The molecule has 3 saturated heterocycles. The van der Waals surface area contributed by atoms with E-state index in [0.717, 1.165) is 37.2 Å². The molecular weight excluding hydrogens is 356 g/mol. The van der Waals surface area contributed by atoms with Crippen molar-refractivity contribution in [3.8, 4) is 0 Å². The van der Waals surface area contributed by atoms with Crippen LogP contribution in [0.4, 0.5) is 5.69 Å². The van der Waals surface area contributed by atoms with Gasteiger partial charge in [-0.3, -0.25) is 9.59 Å². The zero-order valence-corrected chi connectivity index (χ0v) is 15.6. The third-order valence-electron chi connectivity index (χ3n) is 5.45. The molecule has 6 nitrogen and oxygen atoms in total. The quantitative estimate of drug-likeness (QED) is 0.643. The Bertz CT molecular complexity index is 726. The third-order valence-corrected chi connectivity index (χ3v) is 5.68. The number of carbonyl (C=O) groups excluding carboxylic acids is 2. The van der Waals surface area contributed by atoms with Crippen molar-refractivity contribution in [3.05, 3.63) is 28.8 Å². The number of nitrogens with one attached hydrogen (secondary N) is 1. The fourth-order valence-electron chi connectivity index (χ4n) is 3.77. The largest absolute Gasteiger partial charge is 0.431 e. The summed E-state index contributed by atoms with van der Waals surface area (Å²) in [6.45, 7) is 4.46. The lowest BCUT2D eigenvalue weighted by Gasteiger charge is -2.35. The Balaban J connectivity index is 1.44. The van der Waals surface area contributed by atoms with Crippen molar-refractivity contribution in [2.45, 2.75) is 37.9 Å². The number of ether oxygens (including phenoxy) is 2. The van der Waals surface area contributed by atoms with E-state index in [1.54, 1.807) is 6.92 Å². The molecule has 1 unspecified atom stereocenters. The molecule has 2 atom stereocenters. The Morgan fingerprint density at radius 3 is 2.73 bits per heavy atom. The van der Waals surface area contributed by atoms with E-state index < -0.39 is 5.79 Å². The Hall–Kier alpha value is -1.79. The number of amides is 1. The summed E-state index contributed by atoms with van der Waals surface area (Å²) < 4.78 is 10.6. The summed E-state index contributed by atoms with van der Waals surface area (Å²) in [6.07, 6.45) is 1.99. The Kier molecular flexibility index (Phi) is 4.57. The number of hydrogen-bond donors (Lipinski definition) is 1. The van der Waals surface area contributed by atoms with Crippen LogP contribution in [0, 0.1) is 5.92 Å². The first kappa shape index (κ1) is 17.6. The molecule has 0 aromatic heterocycles. The predicted molar refractivity (Wildman–Crippen MR) is 97.2 cm³/mol. The van der Waals surface area contributed by atoms with E-state index in [9.17, 15) is 9.59 Å². The van der Waals surface area contributed by atoms with Gasteiger partial charge in [0.1, 0.15) is 6.61 Å². The molecule has 7 heteroatoms. The maximum Gasteiger partial charge on any atom is 0.311 e. The molecule has 3 aliphatic rings. The first-order valence-electron chi connectivity index (χ1n) is 9.11. The van der Waals surface area contributed by atoms with Gasteiger partial charge in [-0.15, -0.1) is 0 Å². The number of hydrogen-bond acceptors (Lipinski definition) is 5. The Labute approximate surface area is 157 Å². The lowest BCUT2D eigenvalue weighted by atomic mass is 9.92. The number of carbonyl (C=O) groups is 2. The van der Waals surface area contributed by atoms with Gasteiger partial charge < -0.3 is 19.7 Å². The fourth-order valence-corrected chi connectivity index (χ4v) is 3.94. The van der Waals surface area contributed by atoms with Crippen LogP contribution in [0.2, 0.25) is 5.02 Å². The lowest BCUT2D eigenvalue weighted by molar-refractivity contribution is -0.162. The van der Waals surface area contributed by atoms with E-state index in [0.29, 0.717) is 24.6 Å². The second-order valence-corrected chi connectivity index (χ2v) is 7.95. The fraction of sp³-hybridized carbons (Fsp3) is 0.579. The highest BCUT2D eigenvalue weighted by atomic mass is 35.5. The van der Waals surface area contributed by atoms with Gasteiger partial charge in [0.25, 0.3) is 0 Å². The third kappa shape index (κ3) is 3.67. The van der Waals surface area contributed by atoms with Crippen LogP contribution in [0.15, 0.2) is 18.2 Å². The number of anilines is 1. The molecule has 0 radical (unpaired) electrons. The van der Waals surface area contributed by atoms with E-state index in [-0.39, 0.29) is 23.7 Å². The molecule has 140 valence electrons. The summed E-state index contributed by atoms with van der Waals surface area (Å²) in [5.74, 6) is -0.695. The van der Waals surface area contributed by atoms with Crippen LogP contribution in [0.3, 0.4) is 0 Å². The van der Waals surface area contributed by atoms with Crippen molar-refractivity contribution in [1.29, 1.82) is 0 Å². The minimum Gasteiger partial charge on any atom is -0.431 e. The number of halogens is 1. The van der Waals surface area contributed by atoms with Gasteiger partial charge in [0.05, 0.1) is 5.92 Å². The molecule has 1 amide bonds. The van der Waals surface area contributed by atoms with Gasteiger partial charge >= 0.3 is 5.97 Å². The summed E-state index contributed by atoms with van der Waals surface area (Å²) in [5, 5.41) is 3.58. The Morgan fingerprint density at radius 1 is 1.38 bits per heavy atom. The zero-order chi connectivity index (χ0) is 18.3. The van der Waals surface area contributed by atoms with Gasteiger partial charge in [-0.05, 0) is 30.5 Å². The van der Waals surface area contributed by atoms with E-state index in [2.05, 4.69) is 10.2 Å². The number of epoxide rings is 1. The second-order valence-electron chi connectivity index (χ2n) is 7.51. The van der Waals surface area contributed by atoms with E-state index in [4.69, 9.17) is 21.1 Å². The first-order chi connectivity index (χ1) is 12.4. The van der Waals surface area contributed by atoms with Crippen molar-refractivity contribution in [1.82, 2.24) is 5.32 Å². The van der Waals surface area contributed by atoms with E-state index >= 15 is 0 Å². The molecule has 0 spiro atoms. The summed E-state index contributed by atoms with van der Waals surface area (Å²) >= 11 is 6.23. The van der Waals surface area contributed by atoms with Gasteiger partial charge in [0.2, 0.25) is 11.7 Å². The molecule has 0 aliphatic carbocycles. The normalized spacial score (nSPS) is 28.8. The van der Waals surface area contributed by atoms with E-state index in [1.807, 2.05) is 18.2 Å². The molecule has 3 fully saturated rings. The van der Waals surface area contributed by atoms with Crippen molar-refractivity contribution >= 4 is 29.2 Å². The van der Waals surface area contributed by atoms with Gasteiger partial charge in [-0.25, -0.2) is 0 Å². The monoisotopic (exact) mass is 378 g/mol. The van der Waals surface area contributed by atoms with Gasteiger partial charge in [-0.2, -0.15) is 0 Å². The molecule has 3 aliphatic heterocycles. The number of nitrogens with zero attached hydrogens (tertiary/aromatic N) is 1. The highest BCUT2D eigenvalue weighted by Crippen LogP contribution is 2.36. The minimum absolute atomic E-state index is 0.0909. The SMILES string of the molecule is CC1(OC(=O)C2CCN(c3cc(Cl)ccc3[C@H]3CNC(=O)C3)CC2)CO1. The van der Waals surface area contributed by atoms with Crippen LogP contribution in [0.5, 0.6) is 0 Å². The van der Waals surface area contributed by atoms with Gasteiger partial charge in [0.15, 0.2) is 0 Å². The molecule has 3 heterocycles. The number of rotatable bonds is 4. The van der Waals surface area contributed by atoms with Crippen LogP contribution < -0.4 is 10.2 Å². The van der Waals surface area contributed by atoms with Crippen molar-refractivity contribution in [2.75, 3.05) is 31.1 Å². The second kappa shape index (κ2) is 6.74. The van der Waals surface area contributed by atoms with Crippen LogP contribution in [-0.2, 0) is 19.1 Å². The average molecular weight is 379 g/mol. The summed E-state index contributed by atoms with van der Waals surface area (Å²) in [6, 6.07) is 5.87. The maximum atomic E-state index is 12.3. The van der Waals surface area contributed by atoms with Crippen LogP contribution in [0.1, 0.15) is 37.7 Å².